The van der Waals surface area contributed by atoms with Gasteiger partial charge in [-0.25, -0.2) is 4.79 Å². The van der Waals surface area contributed by atoms with Gasteiger partial charge in [-0.2, -0.15) is 5.10 Å². The molecule has 1 aromatic carbocycles. The van der Waals surface area contributed by atoms with Crippen LogP contribution in [-0.2, 0) is 6.54 Å². The fourth-order valence-electron chi connectivity index (χ4n) is 1.80. The first-order valence-corrected chi connectivity index (χ1v) is 6.09. The van der Waals surface area contributed by atoms with Gasteiger partial charge in [-0.05, 0) is 5.56 Å². The van der Waals surface area contributed by atoms with Crippen molar-refractivity contribution in [1.82, 2.24) is 20.8 Å². The van der Waals surface area contributed by atoms with Crippen LogP contribution in [0.1, 0.15) is 5.56 Å². The van der Waals surface area contributed by atoms with E-state index >= 15 is 0 Å². The number of H-pyrrole nitrogens is 1. The molecule has 0 aliphatic carbocycles. The Morgan fingerprint density at radius 1 is 1.26 bits per heavy atom. The van der Waals surface area contributed by atoms with Crippen LogP contribution < -0.4 is 16.4 Å². The molecule has 6 nitrogen and oxygen atoms in total. The molecule has 0 aliphatic heterocycles. The predicted molar refractivity (Wildman–Crippen MR) is 73.3 cm³/mol. The molecular formula is C13H17N5O. The number of benzene rings is 1. The van der Waals surface area contributed by atoms with Gasteiger partial charge >= 0.3 is 6.03 Å². The fourth-order valence-corrected chi connectivity index (χ4v) is 1.80. The van der Waals surface area contributed by atoms with Gasteiger partial charge < -0.3 is 16.4 Å². The molecule has 100 valence electrons. The lowest BCUT2D eigenvalue weighted by atomic mass is 10.1. The van der Waals surface area contributed by atoms with E-state index in [9.17, 15) is 4.79 Å². The van der Waals surface area contributed by atoms with Gasteiger partial charge in [0, 0.05) is 25.2 Å². The normalized spacial score (nSPS) is 10.3. The van der Waals surface area contributed by atoms with Crippen molar-refractivity contribution in [3.8, 4) is 11.3 Å². The number of hydrogen-bond acceptors (Lipinski definition) is 3. The quantitative estimate of drug-likeness (QED) is 0.579. The molecule has 2 rings (SSSR count). The molecule has 0 radical (unpaired) electrons. The largest absolute Gasteiger partial charge is 0.352 e. The molecule has 0 bridgehead atoms. The van der Waals surface area contributed by atoms with Gasteiger partial charge in [-0.1, -0.05) is 30.3 Å². The number of carbonyl (C=O) groups is 1. The van der Waals surface area contributed by atoms with Crippen LogP contribution >= 0.6 is 0 Å². The first-order valence-electron chi connectivity index (χ1n) is 6.09. The summed E-state index contributed by atoms with van der Waals surface area (Å²) in [5.74, 6) is 0. The summed E-state index contributed by atoms with van der Waals surface area (Å²) in [6.45, 7) is 1.84. The molecule has 2 aromatic rings. The summed E-state index contributed by atoms with van der Waals surface area (Å²) >= 11 is 0. The predicted octanol–water partition coefficient (Wildman–Crippen LogP) is 0.835. The van der Waals surface area contributed by atoms with Crippen LogP contribution in [0, 0.1) is 0 Å². The van der Waals surface area contributed by atoms with Crippen molar-refractivity contribution in [3.63, 3.8) is 0 Å². The zero-order valence-corrected chi connectivity index (χ0v) is 10.5. The molecule has 0 fully saturated rings. The van der Waals surface area contributed by atoms with Crippen molar-refractivity contribution in [3.05, 3.63) is 42.1 Å². The summed E-state index contributed by atoms with van der Waals surface area (Å²) in [4.78, 5) is 10.5. The Balaban J connectivity index is 1.88. The number of amides is 2. The van der Waals surface area contributed by atoms with Gasteiger partial charge in [0.25, 0.3) is 0 Å². The molecule has 0 saturated carbocycles. The van der Waals surface area contributed by atoms with Crippen molar-refractivity contribution in [2.24, 2.45) is 5.73 Å². The number of nitrogens with two attached hydrogens (primary N) is 1. The summed E-state index contributed by atoms with van der Waals surface area (Å²) in [5, 5.41) is 12.8. The Bertz CT molecular complexity index is 523. The van der Waals surface area contributed by atoms with Crippen LogP contribution in [0.15, 0.2) is 36.5 Å². The molecule has 0 aliphatic rings. The highest BCUT2D eigenvalue weighted by molar-refractivity contribution is 5.71. The number of carbonyl (C=O) groups excluding carboxylic acids is 1. The van der Waals surface area contributed by atoms with Gasteiger partial charge in [0.1, 0.15) is 0 Å². The highest BCUT2D eigenvalue weighted by Crippen LogP contribution is 2.20. The summed E-state index contributed by atoms with van der Waals surface area (Å²) < 4.78 is 0. The van der Waals surface area contributed by atoms with Crippen molar-refractivity contribution in [2.75, 3.05) is 13.1 Å². The Labute approximate surface area is 111 Å². The van der Waals surface area contributed by atoms with E-state index in [-0.39, 0.29) is 0 Å². The van der Waals surface area contributed by atoms with Crippen molar-refractivity contribution in [1.29, 1.82) is 0 Å². The van der Waals surface area contributed by atoms with E-state index < -0.39 is 6.03 Å². The second-order valence-corrected chi connectivity index (χ2v) is 4.10. The number of nitrogens with zero attached hydrogens (tertiary/aromatic N) is 1. The monoisotopic (exact) mass is 259 g/mol. The standard InChI is InChI=1S/C13H17N5O/c14-13(19)16-7-6-15-8-11-9-17-18-12(11)10-4-2-1-3-5-10/h1-5,9,15H,6-8H2,(H,17,18)(H3,14,16,19). The van der Waals surface area contributed by atoms with E-state index in [2.05, 4.69) is 20.8 Å². The van der Waals surface area contributed by atoms with Crippen molar-refractivity contribution < 1.29 is 4.79 Å². The van der Waals surface area contributed by atoms with Crippen molar-refractivity contribution in [2.45, 2.75) is 6.54 Å². The van der Waals surface area contributed by atoms with Crippen LogP contribution in [0.4, 0.5) is 4.79 Å². The third-order valence-corrected chi connectivity index (χ3v) is 2.70. The Kier molecular flexibility index (Phi) is 4.52. The van der Waals surface area contributed by atoms with Crippen LogP contribution in [0.2, 0.25) is 0 Å². The van der Waals surface area contributed by atoms with Gasteiger partial charge in [0.05, 0.1) is 11.9 Å². The van der Waals surface area contributed by atoms with Gasteiger partial charge in [0.15, 0.2) is 0 Å². The van der Waals surface area contributed by atoms with Crippen molar-refractivity contribution >= 4 is 6.03 Å². The zero-order chi connectivity index (χ0) is 13.5. The average Bonchev–Trinajstić information content (AvgIpc) is 2.87. The van der Waals surface area contributed by atoms with E-state index in [1.165, 1.54) is 0 Å². The maximum Gasteiger partial charge on any atom is 0.312 e. The molecule has 0 unspecified atom stereocenters. The van der Waals surface area contributed by atoms with E-state index in [4.69, 9.17) is 5.73 Å². The minimum Gasteiger partial charge on any atom is -0.352 e. The maximum absolute atomic E-state index is 10.5. The van der Waals surface area contributed by atoms with Crippen LogP contribution in [0.3, 0.4) is 0 Å². The van der Waals surface area contributed by atoms with Crippen LogP contribution in [-0.4, -0.2) is 29.3 Å². The third kappa shape index (κ3) is 3.82. The summed E-state index contributed by atoms with van der Waals surface area (Å²) in [5.41, 5.74) is 8.18. The molecule has 6 heteroatoms. The second kappa shape index (κ2) is 6.55. The lowest BCUT2D eigenvalue weighted by molar-refractivity contribution is 0.249. The highest BCUT2D eigenvalue weighted by Gasteiger charge is 2.06. The number of aromatic nitrogens is 2. The van der Waals surface area contributed by atoms with E-state index in [1.54, 1.807) is 6.20 Å². The molecule has 1 heterocycles. The number of urea groups is 1. The minimum absolute atomic E-state index is 0.505. The second-order valence-electron chi connectivity index (χ2n) is 4.10. The fraction of sp³-hybridized carbons (Fsp3) is 0.231. The number of primary amides is 1. The molecule has 0 atom stereocenters. The first-order chi connectivity index (χ1) is 9.27. The average molecular weight is 259 g/mol. The maximum atomic E-state index is 10.5. The molecule has 0 spiro atoms. The first kappa shape index (κ1) is 13.1. The lowest BCUT2D eigenvalue weighted by Gasteiger charge is -2.06. The van der Waals surface area contributed by atoms with Gasteiger partial charge in [0.2, 0.25) is 0 Å². The van der Waals surface area contributed by atoms with Crippen LogP contribution in [0.5, 0.6) is 0 Å². The number of aromatic amines is 1. The molecular weight excluding hydrogens is 242 g/mol. The highest BCUT2D eigenvalue weighted by atomic mass is 16.2. The number of hydrogen-bond donors (Lipinski definition) is 4. The topological polar surface area (TPSA) is 95.8 Å². The summed E-state index contributed by atoms with van der Waals surface area (Å²) in [6, 6.07) is 9.52. The number of rotatable bonds is 6. The molecule has 19 heavy (non-hydrogen) atoms. The summed E-state index contributed by atoms with van der Waals surface area (Å²) in [6.07, 6.45) is 1.80. The smallest absolute Gasteiger partial charge is 0.312 e. The Morgan fingerprint density at radius 2 is 2.05 bits per heavy atom. The van der Waals surface area contributed by atoms with E-state index in [1.807, 2.05) is 30.3 Å². The SMILES string of the molecule is NC(=O)NCCNCc1cn[nH]c1-c1ccccc1. The molecule has 5 N–H and O–H groups in total. The van der Waals surface area contributed by atoms with E-state index in [0.29, 0.717) is 19.6 Å². The van der Waals surface area contributed by atoms with Crippen LogP contribution in [0.25, 0.3) is 11.3 Å². The third-order valence-electron chi connectivity index (χ3n) is 2.70. The Hall–Kier alpha value is -2.34. The van der Waals surface area contributed by atoms with Gasteiger partial charge in [-0.3, -0.25) is 5.10 Å². The minimum atomic E-state index is -0.505. The lowest BCUT2D eigenvalue weighted by Crippen LogP contribution is -2.35. The van der Waals surface area contributed by atoms with E-state index in [0.717, 1.165) is 16.8 Å². The zero-order valence-electron chi connectivity index (χ0n) is 10.5. The number of nitrogens with one attached hydrogen (secondary N) is 3. The summed E-state index contributed by atoms with van der Waals surface area (Å²) in [7, 11) is 0. The molecule has 0 saturated heterocycles. The molecule has 2 amide bonds. The molecule has 1 aromatic heterocycles. The Morgan fingerprint density at radius 3 is 2.79 bits per heavy atom. The van der Waals surface area contributed by atoms with Gasteiger partial charge in [-0.15, -0.1) is 0 Å².